The van der Waals surface area contributed by atoms with Gasteiger partial charge in [0, 0.05) is 32.7 Å². The summed E-state index contributed by atoms with van der Waals surface area (Å²) in [4.78, 5) is 29.2. The molecule has 0 saturated carbocycles. The number of likely N-dealkylation sites (N-methyl/N-ethyl adjacent to an activating group) is 1. The molecule has 4 rings (SSSR count). The molecule has 1 spiro atoms. The first-order valence-electron chi connectivity index (χ1n) is 10.2. The van der Waals surface area contributed by atoms with Crippen molar-refractivity contribution >= 4 is 11.8 Å². The van der Waals surface area contributed by atoms with Crippen LogP contribution < -0.4 is 0 Å². The third kappa shape index (κ3) is 3.44. The van der Waals surface area contributed by atoms with Crippen molar-refractivity contribution < 1.29 is 14.3 Å². The number of carbonyl (C=O) groups excluding carboxylic acids is 2. The van der Waals surface area contributed by atoms with Gasteiger partial charge < -0.3 is 14.5 Å². The molecule has 1 unspecified atom stereocenters. The van der Waals surface area contributed by atoms with Crippen molar-refractivity contribution in [2.24, 2.45) is 0 Å². The van der Waals surface area contributed by atoms with Crippen LogP contribution in [0.1, 0.15) is 51.6 Å². The van der Waals surface area contributed by atoms with E-state index in [1.54, 1.807) is 19.0 Å². The predicted molar refractivity (Wildman–Crippen MR) is 112 cm³/mol. The van der Waals surface area contributed by atoms with Gasteiger partial charge in [0.25, 0.3) is 11.8 Å². The second-order valence-corrected chi connectivity index (χ2v) is 8.48. The summed E-state index contributed by atoms with van der Waals surface area (Å²) in [5.74, 6) is 0.0296. The van der Waals surface area contributed by atoms with Gasteiger partial charge in [-0.2, -0.15) is 0 Å². The number of nitrogens with zero attached hydrogens (tertiary/aromatic N) is 2. The molecule has 2 aliphatic heterocycles. The number of amides is 2. The largest absolute Gasteiger partial charge is 0.352 e. The number of rotatable bonds is 2. The zero-order valence-corrected chi connectivity index (χ0v) is 17.6. The molecule has 0 N–H and O–H groups in total. The molecule has 0 aliphatic carbocycles. The van der Waals surface area contributed by atoms with E-state index in [0.717, 1.165) is 27.8 Å². The molecule has 152 valence electrons. The Hall–Kier alpha value is -2.66. The maximum absolute atomic E-state index is 13.0. The van der Waals surface area contributed by atoms with E-state index in [1.165, 1.54) is 0 Å². The Morgan fingerprint density at radius 3 is 2.28 bits per heavy atom. The van der Waals surface area contributed by atoms with Crippen LogP contribution in [0.5, 0.6) is 0 Å². The molecule has 5 nitrogen and oxygen atoms in total. The average Bonchev–Trinajstić information content (AvgIpc) is 3.01. The maximum atomic E-state index is 13.0. The van der Waals surface area contributed by atoms with Crippen LogP contribution in [-0.2, 0) is 15.1 Å². The van der Waals surface area contributed by atoms with Crippen LogP contribution in [0, 0.1) is 13.8 Å². The summed E-state index contributed by atoms with van der Waals surface area (Å²) in [6.45, 7) is 5.26. The van der Waals surface area contributed by atoms with Crippen LogP contribution in [-0.4, -0.2) is 48.8 Å². The lowest BCUT2D eigenvalue weighted by Crippen LogP contribution is -2.45. The van der Waals surface area contributed by atoms with Crippen LogP contribution >= 0.6 is 0 Å². The monoisotopic (exact) mass is 392 g/mol. The minimum Gasteiger partial charge on any atom is -0.352 e. The second-order valence-electron chi connectivity index (χ2n) is 8.48. The van der Waals surface area contributed by atoms with Crippen molar-refractivity contribution in [2.75, 3.05) is 27.2 Å². The minimum absolute atomic E-state index is 0.0388. The molecule has 1 saturated heterocycles. The molecule has 5 heteroatoms. The van der Waals surface area contributed by atoms with E-state index in [9.17, 15) is 9.59 Å². The summed E-state index contributed by atoms with van der Waals surface area (Å²) in [6, 6.07) is 14.0. The van der Waals surface area contributed by atoms with Crippen LogP contribution in [0.3, 0.4) is 0 Å². The average molecular weight is 392 g/mol. The topological polar surface area (TPSA) is 49.9 Å². The predicted octanol–water partition coefficient (Wildman–Crippen LogP) is 3.59. The third-order valence-electron chi connectivity index (χ3n) is 6.07. The Morgan fingerprint density at radius 1 is 1.03 bits per heavy atom. The van der Waals surface area contributed by atoms with Gasteiger partial charge in [0.15, 0.2) is 6.10 Å². The summed E-state index contributed by atoms with van der Waals surface area (Å²) in [5.41, 5.74) is 4.50. The lowest BCUT2D eigenvalue weighted by molar-refractivity contribution is -0.157. The molecule has 2 amide bonds. The molecule has 1 fully saturated rings. The quantitative estimate of drug-likeness (QED) is 0.785. The van der Waals surface area contributed by atoms with Gasteiger partial charge in [-0.1, -0.05) is 41.5 Å². The normalized spacial score (nSPS) is 19.9. The Bertz CT molecular complexity index is 938. The molecule has 29 heavy (non-hydrogen) atoms. The van der Waals surface area contributed by atoms with Crippen molar-refractivity contribution in [1.29, 1.82) is 0 Å². The lowest BCUT2D eigenvalue weighted by Gasteiger charge is -2.39. The van der Waals surface area contributed by atoms with Crippen molar-refractivity contribution in [2.45, 2.75) is 38.4 Å². The Kier molecular flexibility index (Phi) is 4.95. The summed E-state index contributed by atoms with van der Waals surface area (Å²) < 4.78 is 6.43. The van der Waals surface area contributed by atoms with Gasteiger partial charge in [0.05, 0.1) is 5.60 Å². The number of ether oxygens (including phenoxy) is 1. The van der Waals surface area contributed by atoms with Gasteiger partial charge in [-0.15, -0.1) is 0 Å². The Labute approximate surface area is 172 Å². The maximum Gasteiger partial charge on any atom is 0.255 e. The smallest absolute Gasteiger partial charge is 0.255 e. The van der Waals surface area contributed by atoms with Crippen LogP contribution in [0.15, 0.2) is 42.5 Å². The zero-order valence-electron chi connectivity index (χ0n) is 17.6. The number of hydrogen-bond acceptors (Lipinski definition) is 3. The van der Waals surface area contributed by atoms with Gasteiger partial charge in [-0.3, -0.25) is 9.59 Å². The number of benzene rings is 2. The summed E-state index contributed by atoms with van der Waals surface area (Å²) >= 11 is 0. The van der Waals surface area contributed by atoms with Crippen LogP contribution in [0.4, 0.5) is 0 Å². The molecule has 0 aromatic heterocycles. The van der Waals surface area contributed by atoms with E-state index in [2.05, 4.69) is 12.1 Å². The van der Waals surface area contributed by atoms with E-state index in [1.807, 2.05) is 49.1 Å². The first kappa shape index (κ1) is 19.6. The lowest BCUT2D eigenvalue weighted by atomic mass is 9.83. The van der Waals surface area contributed by atoms with Crippen molar-refractivity contribution in [1.82, 2.24) is 9.80 Å². The van der Waals surface area contributed by atoms with Gasteiger partial charge in [-0.05, 0) is 49.9 Å². The molecular formula is C24H28N2O3. The summed E-state index contributed by atoms with van der Waals surface area (Å²) in [6.07, 6.45) is 0.818. The van der Waals surface area contributed by atoms with Crippen molar-refractivity contribution in [3.05, 3.63) is 70.3 Å². The van der Waals surface area contributed by atoms with E-state index in [0.29, 0.717) is 25.9 Å². The molecule has 0 radical (unpaired) electrons. The number of fused-ring (bicyclic) bond motifs is 2. The number of likely N-dealkylation sites (tertiary alicyclic amines) is 1. The first-order valence-corrected chi connectivity index (χ1v) is 10.2. The van der Waals surface area contributed by atoms with E-state index in [-0.39, 0.29) is 11.8 Å². The standard InChI is InChI=1S/C24H28N2O3/c1-16-13-17(2)15-18(14-16)22(27)26-11-9-24(10-12-26)20-8-6-5-7-19(20)21(29-24)23(28)25(3)4/h5-8,13-15,21H,9-12H2,1-4H3. The summed E-state index contributed by atoms with van der Waals surface area (Å²) in [5, 5.41) is 0. The van der Waals surface area contributed by atoms with E-state index < -0.39 is 11.7 Å². The van der Waals surface area contributed by atoms with Gasteiger partial charge in [0.1, 0.15) is 0 Å². The fraction of sp³-hybridized carbons (Fsp3) is 0.417. The third-order valence-corrected chi connectivity index (χ3v) is 6.07. The second kappa shape index (κ2) is 7.30. The molecule has 0 bridgehead atoms. The number of carbonyl (C=O) groups is 2. The molecule has 1 atom stereocenters. The fourth-order valence-corrected chi connectivity index (χ4v) is 4.65. The van der Waals surface area contributed by atoms with Crippen LogP contribution in [0.25, 0.3) is 0 Å². The first-order chi connectivity index (χ1) is 13.8. The van der Waals surface area contributed by atoms with E-state index >= 15 is 0 Å². The molecule has 2 heterocycles. The van der Waals surface area contributed by atoms with Gasteiger partial charge in [0.2, 0.25) is 0 Å². The highest BCUT2D eigenvalue weighted by atomic mass is 16.5. The zero-order chi connectivity index (χ0) is 20.8. The number of piperidine rings is 1. The fourth-order valence-electron chi connectivity index (χ4n) is 4.65. The van der Waals surface area contributed by atoms with Crippen LogP contribution in [0.2, 0.25) is 0 Å². The summed E-state index contributed by atoms with van der Waals surface area (Å²) in [7, 11) is 3.51. The highest BCUT2D eigenvalue weighted by Crippen LogP contribution is 2.49. The van der Waals surface area contributed by atoms with Crippen molar-refractivity contribution in [3.8, 4) is 0 Å². The number of aryl methyl sites for hydroxylation is 2. The highest BCUT2D eigenvalue weighted by molar-refractivity contribution is 5.94. The number of hydrogen-bond donors (Lipinski definition) is 0. The van der Waals surface area contributed by atoms with Gasteiger partial charge in [-0.25, -0.2) is 0 Å². The Morgan fingerprint density at radius 2 is 1.66 bits per heavy atom. The highest BCUT2D eigenvalue weighted by Gasteiger charge is 2.49. The Balaban J connectivity index is 1.56. The molecule has 2 aromatic carbocycles. The minimum atomic E-state index is -0.567. The molecular weight excluding hydrogens is 364 g/mol. The van der Waals surface area contributed by atoms with Gasteiger partial charge >= 0.3 is 0 Å². The molecule has 2 aromatic rings. The molecule has 2 aliphatic rings. The van der Waals surface area contributed by atoms with Crippen molar-refractivity contribution in [3.63, 3.8) is 0 Å². The van der Waals surface area contributed by atoms with E-state index in [4.69, 9.17) is 4.74 Å². The SMILES string of the molecule is Cc1cc(C)cc(C(=O)N2CCC3(CC2)OC(C(=O)N(C)C)c2ccccc23)c1.